The first-order valence-corrected chi connectivity index (χ1v) is 5.83. The highest BCUT2D eigenvalue weighted by atomic mass is 16.2. The normalized spacial score (nSPS) is 15.7. The predicted molar refractivity (Wildman–Crippen MR) is 67.4 cm³/mol. The maximum atomic E-state index is 12.4. The van der Waals surface area contributed by atoms with Gasteiger partial charge in [-0.2, -0.15) is 0 Å². The maximum Gasteiger partial charge on any atom is 0.255 e. The van der Waals surface area contributed by atoms with Crippen LogP contribution in [0.2, 0.25) is 0 Å². The van der Waals surface area contributed by atoms with Crippen molar-refractivity contribution in [3.63, 3.8) is 0 Å². The van der Waals surface area contributed by atoms with E-state index in [1.165, 1.54) is 4.90 Å². The lowest BCUT2D eigenvalue weighted by atomic mass is 10.1. The molecule has 2 heterocycles. The van der Waals surface area contributed by atoms with E-state index in [-0.39, 0.29) is 19.0 Å². The first-order valence-electron chi connectivity index (χ1n) is 5.83. The summed E-state index contributed by atoms with van der Waals surface area (Å²) in [5.41, 5.74) is 1.33. The number of benzene rings is 1. The van der Waals surface area contributed by atoms with E-state index in [2.05, 4.69) is 10.3 Å². The number of nitrogens with one attached hydrogen (secondary N) is 2. The van der Waals surface area contributed by atoms with E-state index < -0.39 is 11.8 Å². The summed E-state index contributed by atoms with van der Waals surface area (Å²) in [7, 11) is 0. The van der Waals surface area contributed by atoms with Crippen LogP contribution >= 0.6 is 0 Å². The molecule has 19 heavy (non-hydrogen) atoms. The lowest BCUT2D eigenvalue weighted by Gasteiger charge is -2.25. The smallest absolute Gasteiger partial charge is 0.255 e. The Hall–Kier alpha value is -2.63. The molecular weight excluding hydrogens is 246 g/mol. The first-order chi connectivity index (χ1) is 9.15. The van der Waals surface area contributed by atoms with Gasteiger partial charge in [0, 0.05) is 22.7 Å². The minimum atomic E-state index is -0.453. The van der Waals surface area contributed by atoms with Crippen LogP contribution in [0.25, 0.3) is 10.9 Å². The number of imide groups is 1. The fourth-order valence-corrected chi connectivity index (χ4v) is 2.22. The van der Waals surface area contributed by atoms with Crippen LogP contribution in [0.15, 0.2) is 30.5 Å². The highest BCUT2D eigenvalue weighted by Gasteiger charge is 2.27. The van der Waals surface area contributed by atoms with Gasteiger partial charge < -0.3 is 9.88 Å². The lowest BCUT2D eigenvalue weighted by Crippen LogP contribution is -2.53. The Morgan fingerprint density at radius 2 is 1.84 bits per heavy atom. The van der Waals surface area contributed by atoms with Gasteiger partial charge in [-0.15, -0.1) is 0 Å². The number of carbonyl (C=O) groups is 3. The van der Waals surface area contributed by atoms with Crippen molar-refractivity contribution in [2.75, 3.05) is 13.1 Å². The molecule has 0 spiro atoms. The minimum Gasteiger partial charge on any atom is -0.361 e. The van der Waals surface area contributed by atoms with Gasteiger partial charge in [0.25, 0.3) is 5.91 Å². The molecule has 6 heteroatoms. The number of piperazine rings is 1. The third-order valence-corrected chi connectivity index (χ3v) is 3.06. The van der Waals surface area contributed by atoms with E-state index in [0.717, 1.165) is 10.9 Å². The van der Waals surface area contributed by atoms with Crippen molar-refractivity contribution >= 4 is 28.6 Å². The van der Waals surface area contributed by atoms with Crippen LogP contribution in [0.4, 0.5) is 0 Å². The first kappa shape index (κ1) is 11.5. The Labute approximate surface area is 108 Å². The molecule has 3 amide bonds. The number of hydrogen-bond donors (Lipinski definition) is 2. The average Bonchev–Trinajstić information content (AvgIpc) is 2.84. The fraction of sp³-hybridized carbons (Fsp3) is 0.154. The zero-order valence-corrected chi connectivity index (χ0v) is 9.97. The Balaban J connectivity index is 1.97. The van der Waals surface area contributed by atoms with E-state index in [1.54, 1.807) is 24.4 Å². The van der Waals surface area contributed by atoms with Crippen LogP contribution in [0.1, 0.15) is 10.4 Å². The van der Waals surface area contributed by atoms with E-state index in [4.69, 9.17) is 0 Å². The molecule has 0 atom stereocenters. The number of aromatic nitrogens is 1. The van der Waals surface area contributed by atoms with Gasteiger partial charge in [-0.25, -0.2) is 0 Å². The molecule has 96 valence electrons. The van der Waals surface area contributed by atoms with Gasteiger partial charge in [0.05, 0.1) is 0 Å². The molecular formula is C13H11N3O3. The van der Waals surface area contributed by atoms with Gasteiger partial charge in [-0.3, -0.25) is 19.7 Å². The maximum absolute atomic E-state index is 12.4. The van der Waals surface area contributed by atoms with E-state index in [9.17, 15) is 14.4 Å². The largest absolute Gasteiger partial charge is 0.361 e. The molecule has 1 aromatic carbocycles. The molecule has 1 aliphatic heterocycles. The molecule has 2 N–H and O–H groups in total. The van der Waals surface area contributed by atoms with E-state index >= 15 is 0 Å². The standard InChI is InChI=1S/C13H11N3O3/c17-11-6-16(7-12(18)15-11)13(19)9-2-1-3-10-8(9)4-5-14-10/h1-5,14H,6-7H2,(H,15,17,18). The number of H-pyrrole nitrogens is 1. The molecule has 0 aliphatic carbocycles. The number of amides is 3. The van der Waals surface area contributed by atoms with E-state index in [1.807, 2.05) is 6.07 Å². The number of hydrogen-bond acceptors (Lipinski definition) is 3. The minimum absolute atomic E-state index is 0.0919. The summed E-state index contributed by atoms with van der Waals surface area (Å²) >= 11 is 0. The predicted octanol–water partition coefficient (Wildman–Crippen LogP) is 0.267. The molecule has 0 saturated carbocycles. The summed E-state index contributed by atoms with van der Waals surface area (Å²) in [6.07, 6.45) is 1.75. The molecule has 1 aliphatic rings. The molecule has 1 fully saturated rings. The number of rotatable bonds is 1. The SMILES string of the molecule is O=C1CN(C(=O)c2cccc3[nH]ccc23)CC(=O)N1. The van der Waals surface area contributed by atoms with Crippen LogP contribution in [0, 0.1) is 0 Å². The van der Waals surface area contributed by atoms with Crippen LogP contribution in [-0.2, 0) is 9.59 Å². The third kappa shape index (κ3) is 1.97. The third-order valence-electron chi connectivity index (χ3n) is 3.06. The second-order valence-corrected chi connectivity index (χ2v) is 4.38. The topological polar surface area (TPSA) is 82.3 Å². The quantitative estimate of drug-likeness (QED) is 0.719. The van der Waals surface area contributed by atoms with Crippen LogP contribution < -0.4 is 5.32 Å². The Morgan fingerprint density at radius 3 is 2.58 bits per heavy atom. The van der Waals surface area contributed by atoms with Gasteiger partial charge in [0.15, 0.2) is 0 Å². The molecule has 6 nitrogen and oxygen atoms in total. The molecule has 2 aromatic rings. The van der Waals surface area contributed by atoms with Gasteiger partial charge in [0.2, 0.25) is 11.8 Å². The highest BCUT2D eigenvalue weighted by Crippen LogP contribution is 2.19. The zero-order chi connectivity index (χ0) is 13.4. The number of fused-ring (bicyclic) bond motifs is 1. The van der Waals surface area contributed by atoms with Crippen molar-refractivity contribution < 1.29 is 14.4 Å². The summed E-state index contributed by atoms with van der Waals surface area (Å²) < 4.78 is 0. The molecule has 0 radical (unpaired) electrons. The summed E-state index contributed by atoms with van der Waals surface area (Å²) in [6.45, 7) is -0.184. The Kier molecular flexibility index (Phi) is 2.56. The zero-order valence-electron chi connectivity index (χ0n) is 9.97. The molecule has 1 aromatic heterocycles. The molecule has 0 unspecified atom stereocenters. The number of carbonyl (C=O) groups excluding carboxylic acids is 3. The van der Waals surface area contributed by atoms with Crippen molar-refractivity contribution in [2.24, 2.45) is 0 Å². The second kappa shape index (κ2) is 4.24. The lowest BCUT2D eigenvalue weighted by molar-refractivity contribution is -0.135. The van der Waals surface area contributed by atoms with Crippen molar-refractivity contribution in [1.82, 2.24) is 15.2 Å². The molecule has 3 rings (SSSR count). The second-order valence-electron chi connectivity index (χ2n) is 4.38. The van der Waals surface area contributed by atoms with Crippen molar-refractivity contribution in [3.05, 3.63) is 36.0 Å². The molecule has 0 bridgehead atoms. The summed E-state index contributed by atoms with van der Waals surface area (Å²) in [4.78, 5) is 39.3. The molecule has 1 saturated heterocycles. The number of aromatic amines is 1. The summed E-state index contributed by atoms with van der Waals surface area (Å²) in [5.74, 6) is -1.22. The summed E-state index contributed by atoms with van der Waals surface area (Å²) in [6, 6.07) is 7.11. The number of nitrogens with zero attached hydrogens (tertiary/aromatic N) is 1. The van der Waals surface area contributed by atoms with Crippen molar-refractivity contribution in [3.8, 4) is 0 Å². The van der Waals surface area contributed by atoms with Crippen LogP contribution in [0.3, 0.4) is 0 Å². The Morgan fingerprint density at radius 1 is 1.11 bits per heavy atom. The summed E-state index contributed by atoms with van der Waals surface area (Å²) in [5, 5.41) is 2.95. The highest BCUT2D eigenvalue weighted by molar-refractivity contribution is 6.10. The fourth-order valence-electron chi connectivity index (χ4n) is 2.22. The van der Waals surface area contributed by atoms with Crippen LogP contribution in [0.5, 0.6) is 0 Å². The van der Waals surface area contributed by atoms with Gasteiger partial charge in [-0.05, 0) is 18.2 Å². The van der Waals surface area contributed by atoms with Gasteiger partial charge in [-0.1, -0.05) is 6.07 Å². The van der Waals surface area contributed by atoms with Crippen LogP contribution in [-0.4, -0.2) is 40.7 Å². The average molecular weight is 257 g/mol. The van der Waals surface area contributed by atoms with E-state index in [0.29, 0.717) is 5.56 Å². The van der Waals surface area contributed by atoms with Crippen molar-refractivity contribution in [1.29, 1.82) is 0 Å². The monoisotopic (exact) mass is 257 g/mol. The van der Waals surface area contributed by atoms with Gasteiger partial charge >= 0.3 is 0 Å². The van der Waals surface area contributed by atoms with Crippen molar-refractivity contribution in [2.45, 2.75) is 0 Å². The van der Waals surface area contributed by atoms with Gasteiger partial charge in [0.1, 0.15) is 13.1 Å². The Bertz CT molecular complexity index is 673.